The molecule has 0 aliphatic carbocycles. The molecule has 1 saturated heterocycles. The minimum atomic E-state index is -3.48. The van der Waals surface area contributed by atoms with E-state index in [4.69, 9.17) is 4.52 Å². The summed E-state index contributed by atoms with van der Waals surface area (Å²) in [5.41, 5.74) is 2.13. The van der Waals surface area contributed by atoms with Gasteiger partial charge in [0.25, 0.3) is 21.8 Å². The van der Waals surface area contributed by atoms with Crippen molar-refractivity contribution in [3.05, 3.63) is 23.0 Å². The first kappa shape index (κ1) is 19.7. The van der Waals surface area contributed by atoms with Crippen LogP contribution in [0.2, 0.25) is 0 Å². The number of fused-ring (bicyclic) bond motifs is 1. The van der Waals surface area contributed by atoms with Crippen LogP contribution < -0.4 is 0 Å². The van der Waals surface area contributed by atoms with Gasteiger partial charge in [-0.15, -0.1) is 0 Å². The van der Waals surface area contributed by atoms with Crippen LogP contribution in [0.1, 0.15) is 35.6 Å². The minimum Gasteiger partial charge on any atom is -0.336 e. The van der Waals surface area contributed by atoms with Crippen molar-refractivity contribution in [1.29, 1.82) is 0 Å². The number of carbonyl (C=O) groups is 1. The van der Waals surface area contributed by atoms with Crippen molar-refractivity contribution in [3.63, 3.8) is 0 Å². The highest BCUT2D eigenvalue weighted by Gasteiger charge is 2.33. The molecular formula is C17H25N5O4S. The molecule has 1 aliphatic rings. The molecule has 10 heteroatoms. The number of amides is 1. The van der Waals surface area contributed by atoms with E-state index in [0.717, 1.165) is 0 Å². The molecule has 1 aliphatic heterocycles. The molecule has 27 heavy (non-hydrogen) atoms. The number of hydrogen-bond donors (Lipinski definition) is 0. The van der Waals surface area contributed by atoms with Crippen LogP contribution >= 0.6 is 0 Å². The van der Waals surface area contributed by atoms with Crippen LogP contribution in [0, 0.1) is 13.8 Å². The lowest BCUT2D eigenvalue weighted by molar-refractivity contribution is 0.0696. The quantitative estimate of drug-likeness (QED) is 0.754. The molecule has 3 heterocycles. The molecule has 0 aromatic carbocycles. The number of aryl methyl sites for hydroxylation is 2. The van der Waals surface area contributed by atoms with Crippen molar-refractivity contribution in [2.45, 2.75) is 27.7 Å². The monoisotopic (exact) mass is 395 g/mol. The highest BCUT2D eigenvalue weighted by molar-refractivity contribution is 7.86. The van der Waals surface area contributed by atoms with Gasteiger partial charge in [-0.05, 0) is 19.9 Å². The number of hydrogen-bond acceptors (Lipinski definition) is 6. The summed E-state index contributed by atoms with van der Waals surface area (Å²) in [5.74, 6) is -0.156. The molecule has 0 unspecified atom stereocenters. The fraction of sp³-hybridized carbons (Fsp3) is 0.588. The van der Waals surface area contributed by atoms with Gasteiger partial charge < -0.3 is 9.42 Å². The molecule has 0 saturated carbocycles. The first-order chi connectivity index (χ1) is 12.8. The Kier molecular flexibility index (Phi) is 5.50. The van der Waals surface area contributed by atoms with Crippen molar-refractivity contribution < 1.29 is 17.7 Å². The Balaban J connectivity index is 1.79. The van der Waals surface area contributed by atoms with E-state index < -0.39 is 10.2 Å². The molecule has 1 amide bonds. The van der Waals surface area contributed by atoms with E-state index in [0.29, 0.717) is 54.2 Å². The molecule has 0 N–H and O–H groups in total. The van der Waals surface area contributed by atoms with Crippen molar-refractivity contribution in [2.75, 3.05) is 39.3 Å². The molecule has 3 rings (SSSR count). The third-order valence-electron chi connectivity index (χ3n) is 4.86. The maximum Gasteiger partial charge on any atom is 0.282 e. The first-order valence-corrected chi connectivity index (χ1v) is 10.5. The Bertz CT molecular complexity index is 944. The topological polar surface area (TPSA) is 99.9 Å². The second-order valence-electron chi connectivity index (χ2n) is 6.54. The smallest absolute Gasteiger partial charge is 0.282 e. The maximum atomic E-state index is 13.1. The number of pyridine rings is 1. The summed E-state index contributed by atoms with van der Waals surface area (Å²) in [6, 6.07) is 1.73. The zero-order valence-corrected chi connectivity index (χ0v) is 16.9. The Labute approximate surface area is 159 Å². The highest BCUT2D eigenvalue weighted by atomic mass is 32.2. The first-order valence-electron chi connectivity index (χ1n) is 9.07. The zero-order chi connectivity index (χ0) is 19.8. The van der Waals surface area contributed by atoms with Crippen LogP contribution in [0.15, 0.2) is 10.6 Å². The molecule has 0 spiro atoms. The molecule has 2 aromatic heterocycles. The van der Waals surface area contributed by atoms with E-state index in [1.165, 1.54) is 8.61 Å². The van der Waals surface area contributed by atoms with Crippen LogP contribution in [0.3, 0.4) is 0 Å². The maximum absolute atomic E-state index is 13.1. The molecule has 2 aromatic rings. The average Bonchev–Trinajstić information content (AvgIpc) is 3.02. The highest BCUT2D eigenvalue weighted by Crippen LogP contribution is 2.24. The van der Waals surface area contributed by atoms with Gasteiger partial charge in [0.2, 0.25) is 0 Å². The van der Waals surface area contributed by atoms with Crippen molar-refractivity contribution in [1.82, 2.24) is 23.7 Å². The van der Waals surface area contributed by atoms with Gasteiger partial charge in [0, 0.05) is 45.0 Å². The van der Waals surface area contributed by atoms with Crippen LogP contribution in [-0.4, -0.2) is 77.2 Å². The van der Waals surface area contributed by atoms with Gasteiger partial charge in [0.15, 0.2) is 0 Å². The standard InChI is InChI=1S/C17H25N5O4S/c1-5-21(6-2)27(24,25)22-9-7-20(8-10-22)17(23)14-11-12(3)18-16-15(14)13(4)19-26-16/h11H,5-10H2,1-4H3. The number of nitrogens with zero attached hydrogens (tertiary/aromatic N) is 5. The largest absolute Gasteiger partial charge is 0.336 e. The lowest BCUT2D eigenvalue weighted by Crippen LogP contribution is -2.54. The zero-order valence-electron chi connectivity index (χ0n) is 16.1. The van der Waals surface area contributed by atoms with Gasteiger partial charge in [-0.1, -0.05) is 19.0 Å². The van der Waals surface area contributed by atoms with E-state index in [2.05, 4.69) is 10.1 Å². The number of aromatic nitrogens is 2. The van der Waals surface area contributed by atoms with Gasteiger partial charge >= 0.3 is 0 Å². The lowest BCUT2D eigenvalue weighted by Gasteiger charge is -2.36. The summed E-state index contributed by atoms with van der Waals surface area (Å²) in [7, 11) is -3.48. The summed E-state index contributed by atoms with van der Waals surface area (Å²) >= 11 is 0. The average molecular weight is 395 g/mol. The number of piperazine rings is 1. The van der Waals surface area contributed by atoms with Crippen molar-refractivity contribution in [2.24, 2.45) is 0 Å². The van der Waals surface area contributed by atoms with Crippen LogP contribution in [0.5, 0.6) is 0 Å². The van der Waals surface area contributed by atoms with E-state index in [-0.39, 0.29) is 19.0 Å². The van der Waals surface area contributed by atoms with Gasteiger partial charge in [-0.3, -0.25) is 4.79 Å². The molecule has 9 nitrogen and oxygen atoms in total. The molecule has 1 fully saturated rings. The van der Waals surface area contributed by atoms with Gasteiger partial charge in [0.1, 0.15) is 0 Å². The van der Waals surface area contributed by atoms with E-state index in [1.54, 1.807) is 24.8 Å². The third kappa shape index (κ3) is 3.56. The summed E-state index contributed by atoms with van der Waals surface area (Å²) in [6.45, 7) is 9.30. The minimum absolute atomic E-state index is 0.156. The molecule has 148 valence electrons. The lowest BCUT2D eigenvalue weighted by atomic mass is 10.1. The fourth-order valence-electron chi connectivity index (χ4n) is 3.39. The SMILES string of the molecule is CCN(CC)S(=O)(=O)N1CCN(C(=O)c2cc(C)nc3onc(C)c23)CC1. The molecular weight excluding hydrogens is 370 g/mol. The summed E-state index contributed by atoms with van der Waals surface area (Å²) in [4.78, 5) is 19.0. The summed E-state index contributed by atoms with van der Waals surface area (Å²) in [5, 5.41) is 4.52. The molecule has 0 atom stereocenters. The Morgan fingerprint density at radius 3 is 2.41 bits per heavy atom. The summed E-state index contributed by atoms with van der Waals surface area (Å²) in [6.07, 6.45) is 0. The Morgan fingerprint density at radius 2 is 1.81 bits per heavy atom. The van der Waals surface area contributed by atoms with Gasteiger partial charge in [-0.25, -0.2) is 4.98 Å². The second kappa shape index (κ2) is 7.53. The van der Waals surface area contributed by atoms with E-state index in [9.17, 15) is 13.2 Å². The van der Waals surface area contributed by atoms with Crippen molar-refractivity contribution >= 4 is 27.2 Å². The number of carbonyl (C=O) groups excluding carboxylic acids is 1. The predicted octanol–water partition coefficient (Wildman–Crippen LogP) is 1.18. The van der Waals surface area contributed by atoms with Crippen molar-refractivity contribution in [3.8, 4) is 0 Å². The molecule has 0 radical (unpaired) electrons. The van der Waals surface area contributed by atoms with Gasteiger partial charge in [0.05, 0.1) is 16.6 Å². The Morgan fingerprint density at radius 1 is 1.19 bits per heavy atom. The third-order valence-corrected chi connectivity index (χ3v) is 7.05. The van der Waals surface area contributed by atoms with Crippen LogP contribution in [0.4, 0.5) is 0 Å². The summed E-state index contributed by atoms with van der Waals surface area (Å²) < 4.78 is 33.4. The fourth-order valence-corrected chi connectivity index (χ4v) is 5.00. The predicted molar refractivity (Wildman–Crippen MR) is 101 cm³/mol. The van der Waals surface area contributed by atoms with Crippen LogP contribution in [-0.2, 0) is 10.2 Å². The van der Waals surface area contributed by atoms with Gasteiger partial charge in [-0.2, -0.15) is 17.0 Å². The second-order valence-corrected chi connectivity index (χ2v) is 8.47. The van der Waals surface area contributed by atoms with Crippen LogP contribution in [0.25, 0.3) is 11.1 Å². The van der Waals surface area contributed by atoms with E-state index in [1.807, 2.05) is 13.8 Å². The molecule has 0 bridgehead atoms. The normalized spacial score (nSPS) is 16.4. The Hall–Kier alpha value is -2.04. The van der Waals surface area contributed by atoms with E-state index >= 15 is 0 Å². The number of rotatable bonds is 5.